The van der Waals surface area contributed by atoms with Crippen molar-refractivity contribution in [1.29, 1.82) is 0 Å². The molecule has 0 saturated heterocycles. The summed E-state index contributed by atoms with van der Waals surface area (Å²) >= 11 is -4.79. The molecule has 0 aliphatic heterocycles. The molecule has 8 nitrogen and oxygen atoms in total. The maximum absolute atomic E-state index is 12.1. The van der Waals surface area contributed by atoms with Crippen molar-refractivity contribution in [2.24, 2.45) is 0 Å². The number of benzene rings is 1. The third kappa shape index (κ3) is 11.8. The van der Waals surface area contributed by atoms with E-state index in [1.807, 2.05) is 0 Å². The average molecular weight is 600 g/mol. The van der Waals surface area contributed by atoms with Crippen LogP contribution in [0, 0.1) is 0 Å². The molecule has 0 aliphatic rings. The summed E-state index contributed by atoms with van der Waals surface area (Å²) in [5, 5.41) is 0. The van der Waals surface area contributed by atoms with Crippen molar-refractivity contribution in [3.05, 3.63) is 6.07 Å². The number of rotatable bonds is 22. The quantitative estimate of drug-likeness (QED) is 0.106. The Labute approximate surface area is 233 Å². The van der Waals surface area contributed by atoms with Gasteiger partial charge in [-0.05, 0) is 0 Å². The van der Waals surface area contributed by atoms with E-state index in [9.17, 15) is 3.69 Å². The second-order valence-electron chi connectivity index (χ2n) is 8.76. The van der Waals surface area contributed by atoms with Gasteiger partial charge in [-0.1, -0.05) is 0 Å². The zero-order valence-corrected chi connectivity index (χ0v) is 27.6. The van der Waals surface area contributed by atoms with Gasteiger partial charge < -0.3 is 0 Å². The van der Waals surface area contributed by atoms with Crippen LogP contribution >= 0.6 is 16.3 Å². The number of methoxy groups -OCH3 is 4. The van der Waals surface area contributed by atoms with Crippen LogP contribution in [-0.2, 0) is 24.4 Å². The SMILES string of the molecule is CCCCP(CCCC)[O][Ti]([OH])([O]c1cc(OC)c(OC)c(OC)c1OC)[O]P(CCCC)CCCC. The monoisotopic (exact) mass is 600 g/mol. The van der Waals surface area contributed by atoms with E-state index in [0.717, 1.165) is 76.0 Å². The van der Waals surface area contributed by atoms with E-state index in [0.29, 0.717) is 23.0 Å². The van der Waals surface area contributed by atoms with Gasteiger partial charge >= 0.3 is 234 Å². The van der Waals surface area contributed by atoms with Crippen LogP contribution in [-0.4, -0.2) is 56.8 Å². The first-order valence-corrected chi connectivity index (χ1v) is 19.4. The number of hydrogen-bond donors (Lipinski definition) is 1. The van der Waals surface area contributed by atoms with Gasteiger partial charge in [0.1, 0.15) is 0 Å². The minimum absolute atomic E-state index is 0.265. The summed E-state index contributed by atoms with van der Waals surface area (Å²) < 4.78 is 53.8. The topological polar surface area (TPSA) is 84.8 Å². The molecule has 0 unspecified atom stereocenters. The first-order chi connectivity index (χ1) is 17.9. The molecular formula is C26H50O8P2Ti. The molecular weight excluding hydrogens is 550 g/mol. The first-order valence-electron chi connectivity index (χ1n) is 13.5. The Bertz CT molecular complexity index is 718. The summed E-state index contributed by atoms with van der Waals surface area (Å²) in [5.41, 5.74) is 0. The summed E-state index contributed by atoms with van der Waals surface area (Å²) in [6.07, 6.45) is 12.1. The molecule has 0 fully saturated rings. The van der Waals surface area contributed by atoms with Gasteiger partial charge in [0, 0.05) is 0 Å². The molecule has 0 saturated carbocycles. The Morgan fingerprint density at radius 2 is 0.973 bits per heavy atom. The van der Waals surface area contributed by atoms with Gasteiger partial charge in [-0.2, -0.15) is 0 Å². The van der Waals surface area contributed by atoms with Gasteiger partial charge in [0.15, 0.2) is 0 Å². The Kier molecular flexibility index (Phi) is 18.5. The predicted molar refractivity (Wildman–Crippen MR) is 151 cm³/mol. The number of unbranched alkanes of at least 4 members (excludes halogenated alkanes) is 4. The first kappa shape index (κ1) is 34.7. The second kappa shape index (κ2) is 19.7. The van der Waals surface area contributed by atoms with Crippen molar-refractivity contribution >= 4 is 16.3 Å². The van der Waals surface area contributed by atoms with Crippen LogP contribution in [0.5, 0.6) is 28.7 Å². The summed E-state index contributed by atoms with van der Waals surface area (Å²) in [6, 6.07) is 1.64. The summed E-state index contributed by atoms with van der Waals surface area (Å²) in [5.74, 6) is 1.67. The van der Waals surface area contributed by atoms with E-state index in [1.165, 1.54) is 28.4 Å². The molecule has 1 rings (SSSR count). The van der Waals surface area contributed by atoms with Crippen LogP contribution in [0.4, 0.5) is 0 Å². The Morgan fingerprint density at radius 1 is 0.595 bits per heavy atom. The molecule has 1 aromatic rings. The van der Waals surface area contributed by atoms with Gasteiger partial charge in [-0.15, -0.1) is 0 Å². The summed E-state index contributed by atoms with van der Waals surface area (Å²) in [6.45, 7) is 8.68. The van der Waals surface area contributed by atoms with Gasteiger partial charge in [0.2, 0.25) is 0 Å². The second-order valence-corrected chi connectivity index (χ2v) is 16.5. The fourth-order valence-corrected chi connectivity index (χ4v) is 14.2. The molecule has 216 valence electrons. The fourth-order valence-electron chi connectivity index (χ4n) is 3.64. The van der Waals surface area contributed by atoms with Gasteiger partial charge in [0.05, 0.1) is 0 Å². The van der Waals surface area contributed by atoms with E-state index >= 15 is 0 Å². The molecule has 11 heteroatoms. The van der Waals surface area contributed by atoms with Crippen molar-refractivity contribution in [3.8, 4) is 28.7 Å². The third-order valence-corrected chi connectivity index (χ3v) is 15.3. The van der Waals surface area contributed by atoms with Gasteiger partial charge in [-0.3, -0.25) is 0 Å². The molecule has 0 aromatic heterocycles. The molecule has 37 heavy (non-hydrogen) atoms. The fraction of sp³-hybridized carbons (Fsp3) is 0.769. The summed E-state index contributed by atoms with van der Waals surface area (Å²) in [7, 11) is 4.33. The van der Waals surface area contributed by atoms with E-state index in [1.54, 1.807) is 6.07 Å². The minimum atomic E-state index is -4.79. The zero-order chi connectivity index (χ0) is 27.7. The predicted octanol–water partition coefficient (Wildman–Crippen LogP) is 7.93. The van der Waals surface area contributed by atoms with E-state index in [-0.39, 0.29) is 5.75 Å². The zero-order valence-electron chi connectivity index (χ0n) is 24.3. The Balaban J connectivity index is 3.51. The van der Waals surface area contributed by atoms with Crippen molar-refractivity contribution in [2.75, 3.05) is 53.1 Å². The average Bonchev–Trinajstić information content (AvgIpc) is 2.90. The number of hydrogen-bond acceptors (Lipinski definition) is 8. The molecule has 0 spiro atoms. The maximum atomic E-state index is 12.1. The molecule has 1 N–H and O–H groups in total. The van der Waals surface area contributed by atoms with E-state index in [2.05, 4.69) is 27.7 Å². The molecule has 0 radical (unpaired) electrons. The van der Waals surface area contributed by atoms with Crippen LogP contribution in [0.15, 0.2) is 6.07 Å². The van der Waals surface area contributed by atoms with Crippen LogP contribution in [0.25, 0.3) is 0 Å². The standard InChI is InChI=1S/C10H14O5.2C8H18OP.H2O.Ti/c1-12-7-5-6(11)8(13-2)10(15-4)9(7)14-3;2*1-3-5-7-10(9)8-6-4-2;;/h5,11H,1-4H3;2*3-8H2,1-2H3;1H2;/q;2*-1;;+4/p-2. The van der Waals surface area contributed by atoms with Crippen molar-refractivity contribution in [1.82, 2.24) is 0 Å². The normalized spacial score (nSPS) is 11.8. The van der Waals surface area contributed by atoms with Crippen LogP contribution < -0.4 is 22.3 Å². The van der Waals surface area contributed by atoms with Crippen LogP contribution in [0.1, 0.15) is 79.1 Å². The molecule has 1 aromatic carbocycles. The Morgan fingerprint density at radius 3 is 1.30 bits per heavy atom. The van der Waals surface area contributed by atoms with Gasteiger partial charge in [0.25, 0.3) is 0 Å². The third-order valence-electron chi connectivity index (χ3n) is 5.73. The van der Waals surface area contributed by atoms with Crippen molar-refractivity contribution < 1.29 is 50.3 Å². The molecule has 0 atom stereocenters. The van der Waals surface area contributed by atoms with Crippen LogP contribution in [0.2, 0.25) is 0 Å². The number of ether oxygens (including phenoxy) is 4. The van der Waals surface area contributed by atoms with E-state index in [4.69, 9.17) is 28.5 Å². The molecule has 0 amide bonds. The van der Waals surface area contributed by atoms with Crippen molar-refractivity contribution in [2.45, 2.75) is 79.1 Å². The van der Waals surface area contributed by atoms with Crippen LogP contribution in [0.3, 0.4) is 0 Å². The molecule has 0 bridgehead atoms. The molecule has 0 heterocycles. The van der Waals surface area contributed by atoms with E-state index < -0.39 is 34.4 Å². The van der Waals surface area contributed by atoms with Crippen molar-refractivity contribution in [3.63, 3.8) is 0 Å². The summed E-state index contributed by atoms with van der Waals surface area (Å²) in [4.78, 5) is 0. The van der Waals surface area contributed by atoms with Gasteiger partial charge in [-0.25, -0.2) is 0 Å². The molecule has 0 aliphatic carbocycles. The Hall–Kier alpha value is -0.326.